The second kappa shape index (κ2) is 6.13. The van der Waals surface area contributed by atoms with Crippen LogP contribution in [0.1, 0.15) is 39.0 Å². The van der Waals surface area contributed by atoms with Crippen LogP contribution >= 0.6 is 0 Å². The van der Waals surface area contributed by atoms with E-state index in [2.05, 4.69) is 5.16 Å². The van der Waals surface area contributed by atoms with Crippen LogP contribution in [0.5, 0.6) is 0 Å². The Balaban J connectivity index is 1.94. The Morgan fingerprint density at radius 3 is 2.72 bits per heavy atom. The Morgan fingerprint density at radius 1 is 1.36 bits per heavy atom. The van der Waals surface area contributed by atoms with Crippen molar-refractivity contribution in [3.05, 3.63) is 41.1 Å². The van der Waals surface area contributed by atoms with Crippen LogP contribution in [0.15, 0.2) is 22.7 Å². The fourth-order valence-electron chi connectivity index (χ4n) is 2.83. The Kier molecular flexibility index (Phi) is 4.26. The van der Waals surface area contributed by atoms with Crippen LogP contribution in [-0.4, -0.2) is 27.8 Å². The molecule has 0 radical (unpaired) electrons. The van der Waals surface area contributed by atoms with Crippen molar-refractivity contribution >= 4 is 6.09 Å². The van der Waals surface area contributed by atoms with Crippen molar-refractivity contribution in [3.8, 4) is 11.3 Å². The van der Waals surface area contributed by atoms with Gasteiger partial charge in [-0.2, -0.15) is 0 Å². The van der Waals surface area contributed by atoms with Gasteiger partial charge in [0.15, 0.2) is 5.76 Å². The maximum atomic E-state index is 14.1. The third-order valence-corrected chi connectivity index (χ3v) is 4.02. The molecule has 3 rings (SSSR count). The average Bonchev–Trinajstić information content (AvgIpc) is 2.87. The molecule has 0 N–H and O–H groups in total. The fraction of sp³-hybridized carbons (Fsp3) is 0.444. The van der Waals surface area contributed by atoms with Crippen molar-refractivity contribution < 1.29 is 22.8 Å². The number of carbonyl (C=O) groups is 1. The van der Waals surface area contributed by atoms with Crippen LogP contribution in [0.25, 0.3) is 11.3 Å². The standard InChI is InChI=1S/C18H20F2N2O3/c1-10-7-15-13(9-22(10)17(23)24-18(2,3)4)16(25-21-15)12-6-5-11(19)8-14(12)20/h5-6,8,10H,7,9H2,1-4H3. The molecule has 2 aromatic rings. The number of rotatable bonds is 1. The molecule has 7 heteroatoms. The minimum absolute atomic E-state index is 0.119. The summed E-state index contributed by atoms with van der Waals surface area (Å²) in [5.74, 6) is -1.19. The van der Waals surface area contributed by atoms with Crippen LogP contribution in [-0.2, 0) is 17.7 Å². The lowest BCUT2D eigenvalue weighted by Gasteiger charge is -2.34. The SMILES string of the molecule is CC1Cc2noc(-c3ccc(F)cc3F)c2CN1C(=O)OC(C)(C)C. The molecule has 1 aliphatic rings. The molecule has 1 unspecified atom stereocenters. The highest BCUT2D eigenvalue weighted by Gasteiger charge is 2.34. The predicted molar refractivity (Wildman–Crippen MR) is 86.8 cm³/mol. The van der Waals surface area contributed by atoms with Gasteiger partial charge in [-0.1, -0.05) is 5.16 Å². The smallest absolute Gasteiger partial charge is 0.410 e. The Hall–Kier alpha value is -2.44. The molecule has 1 aliphatic heterocycles. The molecule has 2 heterocycles. The molecule has 1 aromatic heterocycles. The molecule has 25 heavy (non-hydrogen) atoms. The topological polar surface area (TPSA) is 55.6 Å². The van der Waals surface area contributed by atoms with E-state index in [9.17, 15) is 13.6 Å². The predicted octanol–water partition coefficient (Wildman–Crippen LogP) is 4.30. The van der Waals surface area contributed by atoms with E-state index in [0.29, 0.717) is 17.7 Å². The van der Waals surface area contributed by atoms with Gasteiger partial charge in [0.05, 0.1) is 17.8 Å². The Bertz CT molecular complexity index is 811. The van der Waals surface area contributed by atoms with Crippen molar-refractivity contribution in [2.75, 3.05) is 0 Å². The number of nitrogens with zero attached hydrogens (tertiary/aromatic N) is 2. The third kappa shape index (κ3) is 3.50. The first-order valence-electron chi connectivity index (χ1n) is 8.08. The lowest BCUT2D eigenvalue weighted by atomic mass is 9.97. The van der Waals surface area contributed by atoms with E-state index in [-0.39, 0.29) is 23.9 Å². The summed E-state index contributed by atoms with van der Waals surface area (Å²) < 4.78 is 38.0. The molecule has 1 aromatic carbocycles. The van der Waals surface area contributed by atoms with Gasteiger partial charge in [-0.3, -0.25) is 0 Å². The van der Waals surface area contributed by atoms with Gasteiger partial charge < -0.3 is 14.2 Å². The Morgan fingerprint density at radius 2 is 2.08 bits per heavy atom. The Labute approximate surface area is 144 Å². The van der Waals surface area contributed by atoms with E-state index in [1.54, 1.807) is 25.7 Å². The lowest BCUT2D eigenvalue weighted by Crippen LogP contribution is -2.45. The summed E-state index contributed by atoms with van der Waals surface area (Å²) in [6.45, 7) is 7.47. The molecule has 0 bridgehead atoms. The van der Waals surface area contributed by atoms with E-state index < -0.39 is 23.3 Å². The van der Waals surface area contributed by atoms with Crippen LogP contribution in [0.3, 0.4) is 0 Å². The fourth-order valence-corrected chi connectivity index (χ4v) is 2.83. The van der Waals surface area contributed by atoms with Gasteiger partial charge in [0, 0.05) is 24.1 Å². The van der Waals surface area contributed by atoms with Gasteiger partial charge in [-0.25, -0.2) is 13.6 Å². The van der Waals surface area contributed by atoms with E-state index in [4.69, 9.17) is 9.26 Å². The first-order valence-corrected chi connectivity index (χ1v) is 8.08. The van der Waals surface area contributed by atoms with Crippen LogP contribution in [0.2, 0.25) is 0 Å². The van der Waals surface area contributed by atoms with Gasteiger partial charge in [-0.15, -0.1) is 0 Å². The van der Waals surface area contributed by atoms with Crippen molar-refractivity contribution in [1.29, 1.82) is 0 Å². The minimum atomic E-state index is -0.735. The van der Waals surface area contributed by atoms with Crippen molar-refractivity contribution in [2.45, 2.75) is 52.3 Å². The number of hydrogen-bond acceptors (Lipinski definition) is 4. The van der Waals surface area contributed by atoms with Crippen LogP contribution < -0.4 is 0 Å². The van der Waals surface area contributed by atoms with E-state index in [1.165, 1.54) is 6.07 Å². The van der Waals surface area contributed by atoms with Crippen molar-refractivity contribution in [2.24, 2.45) is 0 Å². The van der Waals surface area contributed by atoms with Gasteiger partial charge in [0.25, 0.3) is 0 Å². The van der Waals surface area contributed by atoms with Gasteiger partial charge >= 0.3 is 6.09 Å². The summed E-state index contributed by atoms with van der Waals surface area (Å²) in [6, 6.07) is 3.13. The summed E-state index contributed by atoms with van der Waals surface area (Å²) >= 11 is 0. The van der Waals surface area contributed by atoms with Crippen LogP contribution in [0.4, 0.5) is 13.6 Å². The summed E-state index contributed by atoms with van der Waals surface area (Å²) in [7, 11) is 0. The molecule has 1 amide bonds. The molecular weight excluding hydrogens is 330 g/mol. The maximum absolute atomic E-state index is 14.1. The first-order chi connectivity index (χ1) is 11.7. The highest BCUT2D eigenvalue weighted by atomic mass is 19.1. The van der Waals surface area contributed by atoms with Gasteiger partial charge in [-0.05, 0) is 39.8 Å². The monoisotopic (exact) mass is 350 g/mol. The van der Waals surface area contributed by atoms with E-state index >= 15 is 0 Å². The number of fused-ring (bicyclic) bond motifs is 1. The zero-order valence-electron chi connectivity index (χ0n) is 14.6. The number of aromatic nitrogens is 1. The highest BCUT2D eigenvalue weighted by Crippen LogP contribution is 2.34. The van der Waals surface area contributed by atoms with E-state index in [0.717, 1.165) is 12.1 Å². The molecule has 5 nitrogen and oxygen atoms in total. The first kappa shape index (κ1) is 17.4. The number of carbonyl (C=O) groups excluding carboxylic acids is 1. The van der Waals surface area contributed by atoms with E-state index in [1.807, 2.05) is 6.92 Å². The molecule has 0 fully saturated rings. The van der Waals surface area contributed by atoms with Crippen LogP contribution in [0, 0.1) is 11.6 Å². The summed E-state index contributed by atoms with van der Waals surface area (Å²) in [4.78, 5) is 14.0. The minimum Gasteiger partial charge on any atom is -0.444 e. The number of ether oxygens (including phenoxy) is 1. The molecule has 0 spiro atoms. The van der Waals surface area contributed by atoms with Gasteiger partial charge in [0.1, 0.15) is 17.2 Å². The lowest BCUT2D eigenvalue weighted by molar-refractivity contribution is 0.0138. The maximum Gasteiger partial charge on any atom is 0.410 e. The number of benzene rings is 1. The number of halogens is 2. The number of hydrogen-bond donors (Lipinski definition) is 0. The highest BCUT2D eigenvalue weighted by molar-refractivity contribution is 5.71. The summed E-state index contributed by atoms with van der Waals surface area (Å²) in [6.07, 6.45) is 0.0262. The molecule has 0 aliphatic carbocycles. The van der Waals surface area contributed by atoms with Crippen molar-refractivity contribution in [3.63, 3.8) is 0 Å². The normalized spacial score (nSPS) is 17.4. The zero-order chi connectivity index (χ0) is 18.4. The van der Waals surface area contributed by atoms with Crippen molar-refractivity contribution in [1.82, 2.24) is 10.1 Å². The molecule has 134 valence electrons. The largest absolute Gasteiger partial charge is 0.444 e. The zero-order valence-corrected chi connectivity index (χ0v) is 14.6. The summed E-state index contributed by atoms with van der Waals surface area (Å²) in [5, 5.41) is 4.00. The molecule has 0 saturated carbocycles. The second-order valence-corrected chi connectivity index (χ2v) is 7.22. The summed E-state index contributed by atoms with van der Waals surface area (Å²) in [5.41, 5.74) is 0.798. The second-order valence-electron chi connectivity index (χ2n) is 7.22. The quantitative estimate of drug-likeness (QED) is 0.769. The number of amides is 1. The molecular formula is C18H20F2N2O3. The van der Waals surface area contributed by atoms with Gasteiger partial charge in [0.2, 0.25) is 0 Å². The molecule has 1 atom stereocenters. The third-order valence-electron chi connectivity index (χ3n) is 4.02. The molecule has 0 saturated heterocycles. The average molecular weight is 350 g/mol.